The molecule has 0 radical (unpaired) electrons. The van der Waals surface area contributed by atoms with Crippen molar-refractivity contribution in [2.75, 3.05) is 5.32 Å². The second-order valence-corrected chi connectivity index (χ2v) is 5.21. The number of rotatable bonds is 3. The maximum Gasteiger partial charge on any atom is 0.0723 e. The third kappa shape index (κ3) is 2.92. The van der Waals surface area contributed by atoms with Crippen molar-refractivity contribution in [2.45, 2.75) is 13.0 Å². The molecule has 1 unspecified atom stereocenters. The lowest BCUT2D eigenvalue weighted by atomic mass is 10.1. The smallest absolute Gasteiger partial charge is 0.0723 e. The van der Waals surface area contributed by atoms with Crippen molar-refractivity contribution < 1.29 is 0 Å². The van der Waals surface area contributed by atoms with Crippen LogP contribution in [0.15, 0.2) is 42.5 Å². The highest BCUT2D eigenvalue weighted by molar-refractivity contribution is 6.39. The van der Waals surface area contributed by atoms with Gasteiger partial charge in [-0.15, -0.1) is 0 Å². The van der Waals surface area contributed by atoms with Crippen LogP contribution in [0.2, 0.25) is 15.1 Å². The molecule has 0 spiro atoms. The molecule has 1 nitrogen and oxygen atoms in total. The van der Waals surface area contributed by atoms with Crippen LogP contribution in [0.5, 0.6) is 0 Å². The molecule has 2 aromatic carbocycles. The molecule has 0 aliphatic carbocycles. The fourth-order valence-electron chi connectivity index (χ4n) is 1.76. The Labute approximate surface area is 122 Å². The van der Waals surface area contributed by atoms with Gasteiger partial charge in [0.25, 0.3) is 0 Å². The minimum absolute atomic E-state index is 0.0242. The molecule has 0 saturated heterocycles. The van der Waals surface area contributed by atoms with Crippen LogP contribution in [0.25, 0.3) is 0 Å². The van der Waals surface area contributed by atoms with E-state index in [0.29, 0.717) is 10.0 Å². The first-order valence-corrected chi connectivity index (χ1v) is 6.68. The zero-order valence-electron chi connectivity index (χ0n) is 9.75. The minimum atomic E-state index is 0.0242. The predicted molar refractivity (Wildman–Crippen MR) is 80.0 cm³/mol. The Balaban J connectivity index is 2.27. The Kier molecular flexibility index (Phi) is 4.39. The van der Waals surface area contributed by atoms with Gasteiger partial charge in [-0.05, 0) is 30.7 Å². The molecule has 2 rings (SSSR count). The van der Waals surface area contributed by atoms with E-state index < -0.39 is 0 Å². The zero-order chi connectivity index (χ0) is 13.1. The van der Waals surface area contributed by atoms with Crippen LogP contribution in [0.3, 0.4) is 0 Å². The quantitative estimate of drug-likeness (QED) is 0.753. The molecule has 94 valence electrons. The average Bonchev–Trinajstić information content (AvgIpc) is 2.34. The van der Waals surface area contributed by atoms with Gasteiger partial charge < -0.3 is 5.32 Å². The van der Waals surface area contributed by atoms with Crippen molar-refractivity contribution in [3.05, 3.63) is 63.1 Å². The molecule has 0 saturated carbocycles. The lowest BCUT2D eigenvalue weighted by Crippen LogP contribution is -2.07. The summed E-state index contributed by atoms with van der Waals surface area (Å²) in [5.41, 5.74) is 1.74. The number of nitrogens with one attached hydrogen (secondary N) is 1. The van der Waals surface area contributed by atoms with Gasteiger partial charge in [0.05, 0.1) is 21.8 Å². The number of anilines is 1. The normalized spacial score (nSPS) is 12.2. The Morgan fingerprint density at radius 3 is 2.00 bits per heavy atom. The molecule has 0 heterocycles. The van der Waals surface area contributed by atoms with Gasteiger partial charge in [0, 0.05) is 5.02 Å². The molecule has 1 N–H and O–H groups in total. The summed E-state index contributed by atoms with van der Waals surface area (Å²) >= 11 is 18.4. The van der Waals surface area contributed by atoms with Crippen LogP contribution in [-0.2, 0) is 0 Å². The van der Waals surface area contributed by atoms with Crippen molar-refractivity contribution in [1.29, 1.82) is 0 Å². The third-order valence-corrected chi connectivity index (χ3v) is 3.67. The average molecular weight is 301 g/mol. The maximum atomic E-state index is 6.16. The highest BCUT2D eigenvalue weighted by Crippen LogP contribution is 2.34. The molecule has 18 heavy (non-hydrogen) atoms. The van der Waals surface area contributed by atoms with E-state index in [1.807, 2.05) is 37.3 Å². The summed E-state index contributed by atoms with van der Waals surface area (Å²) < 4.78 is 0. The van der Waals surface area contributed by atoms with Gasteiger partial charge in [-0.1, -0.05) is 59.1 Å². The maximum absolute atomic E-state index is 6.16. The van der Waals surface area contributed by atoms with Crippen molar-refractivity contribution >= 4 is 40.5 Å². The first kappa shape index (κ1) is 13.5. The fraction of sp³-hybridized carbons (Fsp3) is 0.143. The van der Waals surface area contributed by atoms with Crippen LogP contribution < -0.4 is 5.32 Å². The van der Waals surface area contributed by atoms with Crippen molar-refractivity contribution in [2.24, 2.45) is 0 Å². The summed E-state index contributed by atoms with van der Waals surface area (Å²) in [6.45, 7) is 2.01. The number of benzene rings is 2. The summed E-state index contributed by atoms with van der Waals surface area (Å²) in [5, 5.41) is 5.21. The van der Waals surface area contributed by atoms with Gasteiger partial charge in [0.1, 0.15) is 0 Å². The van der Waals surface area contributed by atoms with Crippen LogP contribution in [0.4, 0.5) is 5.69 Å². The van der Waals surface area contributed by atoms with Gasteiger partial charge in [0.15, 0.2) is 0 Å². The molecule has 0 bridgehead atoms. The molecule has 2 aromatic rings. The second kappa shape index (κ2) is 5.83. The molecule has 0 amide bonds. The summed E-state index contributed by atoms with van der Waals surface area (Å²) in [7, 11) is 0. The van der Waals surface area contributed by atoms with Gasteiger partial charge in [-0.3, -0.25) is 0 Å². The molecule has 0 aliphatic heterocycles. The monoisotopic (exact) mass is 299 g/mol. The summed E-state index contributed by atoms with van der Waals surface area (Å²) in [4.78, 5) is 0. The number of para-hydroxylation sites is 1. The Morgan fingerprint density at radius 2 is 1.39 bits per heavy atom. The second-order valence-electron chi connectivity index (χ2n) is 3.98. The SMILES string of the molecule is CC(Nc1c(Cl)cccc1Cl)c1ccccc1Cl. The minimum Gasteiger partial charge on any atom is -0.376 e. The Bertz CT molecular complexity index is 534. The van der Waals surface area contributed by atoms with Gasteiger partial charge in [0.2, 0.25) is 0 Å². The molecule has 1 atom stereocenters. The molecule has 0 aromatic heterocycles. The van der Waals surface area contributed by atoms with Crippen molar-refractivity contribution in [1.82, 2.24) is 0 Å². The lowest BCUT2D eigenvalue weighted by Gasteiger charge is -2.18. The van der Waals surface area contributed by atoms with Gasteiger partial charge >= 0.3 is 0 Å². The molecule has 4 heteroatoms. The standard InChI is InChI=1S/C14H12Cl3N/c1-9(10-5-2-3-6-11(10)15)18-14-12(16)7-4-8-13(14)17/h2-9,18H,1H3. The molecule has 0 fully saturated rings. The number of hydrogen-bond donors (Lipinski definition) is 1. The van der Waals surface area contributed by atoms with Crippen LogP contribution in [-0.4, -0.2) is 0 Å². The highest BCUT2D eigenvalue weighted by Gasteiger charge is 2.12. The van der Waals surface area contributed by atoms with E-state index in [0.717, 1.165) is 16.3 Å². The van der Waals surface area contributed by atoms with E-state index in [2.05, 4.69) is 5.32 Å². The fourth-order valence-corrected chi connectivity index (χ4v) is 2.56. The van der Waals surface area contributed by atoms with Crippen LogP contribution >= 0.6 is 34.8 Å². The van der Waals surface area contributed by atoms with Gasteiger partial charge in [-0.25, -0.2) is 0 Å². The van der Waals surface area contributed by atoms with E-state index in [-0.39, 0.29) is 6.04 Å². The van der Waals surface area contributed by atoms with Crippen LogP contribution in [0.1, 0.15) is 18.5 Å². The molecular formula is C14H12Cl3N. The summed E-state index contributed by atoms with van der Waals surface area (Å²) in [6.07, 6.45) is 0. The largest absolute Gasteiger partial charge is 0.376 e. The highest BCUT2D eigenvalue weighted by atomic mass is 35.5. The number of halogens is 3. The number of hydrogen-bond acceptors (Lipinski definition) is 1. The first-order valence-electron chi connectivity index (χ1n) is 5.54. The Morgan fingerprint density at radius 1 is 0.833 bits per heavy atom. The predicted octanol–water partition coefficient (Wildman–Crippen LogP) is 5.82. The topological polar surface area (TPSA) is 12.0 Å². The van der Waals surface area contributed by atoms with E-state index in [4.69, 9.17) is 34.8 Å². The van der Waals surface area contributed by atoms with E-state index in [9.17, 15) is 0 Å². The van der Waals surface area contributed by atoms with Crippen molar-refractivity contribution in [3.8, 4) is 0 Å². The Hall–Kier alpha value is -0.890. The zero-order valence-corrected chi connectivity index (χ0v) is 12.0. The molecular weight excluding hydrogens is 289 g/mol. The van der Waals surface area contributed by atoms with Crippen molar-refractivity contribution in [3.63, 3.8) is 0 Å². The van der Waals surface area contributed by atoms with Gasteiger partial charge in [-0.2, -0.15) is 0 Å². The lowest BCUT2D eigenvalue weighted by molar-refractivity contribution is 0.885. The van der Waals surface area contributed by atoms with Crippen LogP contribution in [0, 0.1) is 0 Å². The van der Waals surface area contributed by atoms with E-state index >= 15 is 0 Å². The summed E-state index contributed by atoms with van der Waals surface area (Å²) in [6, 6.07) is 13.1. The van der Waals surface area contributed by atoms with E-state index in [1.54, 1.807) is 12.1 Å². The van der Waals surface area contributed by atoms with E-state index in [1.165, 1.54) is 0 Å². The first-order chi connectivity index (χ1) is 8.59. The molecule has 0 aliphatic rings. The summed E-state index contributed by atoms with van der Waals surface area (Å²) in [5.74, 6) is 0. The third-order valence-electron chi connectivity index (χ3n) is 2.70.